The van der Waals surface area contributed by atoms with Gasteiger partial charge in [0.05, 0.1) is 12.7 Å². The van der Waals surface area contributed by atoms with Crippen molar-refractivity contribution in [3.05, 3.63) is 35.4 Å². The maximum Gasteiger partial charge on any atom is 0.0720 e. The summed E-state index contributed by atoms with van der Waals surface area (Å²) in [4.78, 5) is 0. The Hall–Kier alpha value is -0.860. The fourth-order valence-corrected chi connectivity index (χ4v) is 2.82. The predicted molar refractivity (Wildman–Crippen MR) is 80.0 cm³/mol. The molecule has 0 spiro atoms. The van der Waals surface area contributed by atoms with Gasteiger partial charge in [0.1, 0.15) is 0 Å². The van der Waals surface area contributed by atoms with Crippen molar-refractivity contribution in [3.63, 3.8) is 0 Å². The maximum absolute atomic E-state index is 6.07. The third kappa shape index (κ3) is 4.32. The normalized spacial score (nSPS) is 27.4. The summed E-state index contributed by atoms with van der Waals surface area (Å²) in [7, 11) is 1.97. The molecule has 19 heavy (non-hydrogen) atoms. The molecular formula is C17H27NO. The third-order valence-corrected chi connectivity index (χ3v) is 4.44. The van der Waals surface area contributed by atoms with Crippen LogP contribution in [0.4, 0.5) is 0 Å². The lowest BCUT2D eigenvalue weighted by atomic mass is 9.80. The molecule has 0 radical (unpaired) electrons. The number of hydrogen-bond acceptors (Lipinski definition) is 2. The van der Waals surface area contributed by atoms with Crippen molar-refractivity contribution in [2.75, 3.05) is 7.05 Å². The first-order chi connectivity index (χ1) is 9.19. The zero-order valence-electron chi connectivity index (χ0n) is 12.5. The lowest BCUT2D eigenvalue weighted by molar-refractivity contribution is -0.00745. The molecule has 2 heteroatoms. The smallest absolute Gasteiger partial charge is 0.0720 e. The van der Waals surface area contributed by atoms with Crippen LogP contribution in [0, 0.1) is 11.8 Å². The monoisotopic (exact) mass is 261 g/mol. The van der Waals surface area contributed by atoms with Gasteiger partial charge in [-0.1, -0.05) is 38.1 Å². The van der Waals surface area contributed by atoms with E-state index >= 15 is 0 Å². The Morgan fingerprint density at radius 1 is 1.05 bits per heavy atom. The molecule has 1 aliphatic rings. The van der Waals surface area contributed by atoms with E-state index in [0.717, 1.165) is 25.0 Å². The average Bonchev–Trinajstić information content (AvgIpc) is 2.42. The van der Waals surface area contributed by atoms with Gasteiger partial charge in [0, 0.05) is 6.54 Å². The van der Waals surface area contributed by atoms with Crippen molar-refractivity contribution in [2.24, 2.45) is 11.8 Å². The lowest BCUT2D eigenvalue weighted by Crippen LogP contribution is -2.26. The van der Waals surface area contributed by atoms with Crippen molar-refractivity contribution >= 4 is 0 Å². The minimum Gasteiger partial charge on any atom is -0.374 e. The number of nitrogens with one attached hydrogen (secondary N) is 1. The molecule has 3 atom stereocenters. The molecule has 3 unspecified atom stereocenters. The van der Waals surface area contributed by atoms with Crippen LogP contribution < -0.4 is 5.32 Å². The molecule has 0 amide bonds. The Morgan fingerprint density at radius 3 is 2.37 bits per heavy atom. The summed E-state index contributed by atoms with van der Waals surface area (Å²) >= 11 is 0. The highest BCUT2D eigenvalue weighted by atomic mass is 16.5. The summed E-state index contributed by atoms with van der Waals surface area (Å²) in [6, 6.07) is 8.73. The summed E-state index contributed by atoms with van der Waals surface area (Å²) in [5, 5.41) is 3.16. The molecule has 1 aliphatic carbocycles. The molecule has 1 aromatic carbocycles. The van der Waals surface area contributed by atoms with Crippen LogP contribution in [-0.2, 0) is 17.9 Å². The SMILES string of the molecule is CNCc1ccc(COC2CCC(C)C(C)C2)cc1. The molecule has 0 aromatic heterocycles. The standard InChI is InChI=1S/C17H27NO/c1-13-4-9-17(10-14(13)2)19-12-16-7-5-15(6-8-16)11-18-3/h5-8,13-14,17-18H,4,9-12H2,1-3H3. The van der Waals surface area contributed by atoms with Crippen LogP contribution in [0.15, 0.2) is 24.3 Å². The summed E-state index contributed by atoms with van der Waals surface area (Å²) in [6.45, 7) is 6.40. The Labute approximate surface area is 117 Å². The van der Waals surface area contributed by atoms with Gasteiger partial charge in [-0.2, -0.15) is 0 Å². The molecule has 0 saturated heterocycles. The van der Waals surface area contributed by atoms with E-state index in [4.69, 9.17) is 4.74 Å². The van der Waals surface area contributed by atoms with E-state index in [1.165, 1.54) is 30.4 Å². The van der Waals surface area contributed by atoms with Crippen molar-refractivity contribution < 1.29 is 4.74 Å². The Morgan fingerprint density at radius 2 is 1.74 bits per heavy atom. The fraction of sp³-hybridized carbons (Fsp3) is 0.647. The zero-order chi connectivity index (χ0) is 13.7. The van der Waals surface area contributed by atoms with Gasteiger partial charge in [-0.3, -0.25) is 0 Å². The van der Waals surface area contributed by atoms with Crippen LogP contribution in [0.25, 0.3) is 0 Å². The van der Waals surface area contributed by atoms with E-state index < -0.39 is 0 Å². The van der Waals surface area contributed by atoms with Crippen LogP contribution in [-0.4, -0.2) is 13.2 Å². The maximum atomic E-state index is 6.07. The summed E-state index contributed by atoms with van der Waals surface area (Å²) < 4.78 is 6.07. The molecule has 2 rings (SSSR count). The molecule has 0 aliphatic heterocycles. The summed E-state index contributed by atoms with van der Waals surface area (Å²) in [5.41, 5.74) is 2.61. The highest BCUT2D eigenvalue weighted by Crippen LogP contribution is 2.31. The van der Waals surface area contributed by atoms with E-state index in [2.05, 4.69) is 43.4 Å². The molecule has 106 valence electrons. The molecule has 0 heterocycles. The number of rotatable bonds is 5. The van der Waals surface area contributed by atoms with Gasteiger partial charge in [0.2, 0.25) is 0 Å². The van der Waals surface area contributed by atoms with Crippen LogP contribution >= 0.6 is 0 Å². The molecule has 2 nitrogen and oxygen atoms in total. The Kier molecular flexibility index (Phi) is 5.41. The second-order valence-corrected chi connectivity index (χ2v) is 6.05. The van der Waals surface area contributed by atoms with Crippen LogP contribution in [0.2, 0.25) is 0 Å². The Balaban J connectivity index is 1.79. The number of benzene rings is 1. The second-order valence-electron chi connectivity index (χ2n) is 6.05. The van der Waals surface area contributed by atoms with Crippen LogP contribution in [0.5, 0.6) is 0 Å². The third-order valence-electron chi connectivity index (χ3n) is 4.44. The van der Waals surface area contributed by atoms with E-state index in [1.807, 2.05) is 7.05 Å². The summed E-state index contributed by atoms with van der Waals surface area (Å²) in [6.07, 6.45) is 4.22. The zero-order valence-corrected chi connectivity index (χ0v) is 12.5. The van der Waals surface area contributed by atoms with E-state index in [0.29, 0.717) is 6.10 Å². The molecule has 0 bridgehead atoms. The first kappa shape index (κ1) is 14.5. The van der Waals surface area contributed by atoms with Gasteiger partial charge in [-0.05, 0) is 49.3 Å². The van der Waals surface area contributed by atoms with E-state index in [1.54, 1.807) is 0 Å². The van der Waals surface area contributed by atoms with Crippen molar-refractivity contribution in [3.8, 4) is 0 Å². The van der Waals surface area contributed by atoms with Gasteiger partial charge in [0.15, 0.2) is 0 Å². The number of ether oxygens (including phenoxy) is 1. The fourth-order valence-electron chi connectivity index (χ4n) is 2.82. The first-order valence-electron chi connectivity index (χ1n) is 7.53. The molecule has 1 N–H and O–H groups in total. The van der Waals surface area contributed by atoms with E-state index in [-0.39, 0.29) is 0 Å². The molecular weight excluding hydrogens is 234 g/mol. The largest absolute Gasteiger partial charge is 0.374 e. The number of hydrogen-bond donors (Lipinski definition) is 1. The van der Waals surface area contributed by atoms with Gasteiger partial charge >= 0.3 is 0 Å². The molecule has 1 fully saturated rings. The van der Waals surface area contributed by atoms with Gasteiger partial charge in [0.25, 0.3) is 0 Å². The van der Waals surface area contributed by atoms with E-state index in [9.17, 15) is 0 Å². The molecule has 1 aromatic rings. The predicted octanol–water partition coefficient (Wildman–Crippen LogP) is 3.75. The van der Waals surface area contributed by atoms with Gasteiger partial charge in [-0.15, -0.1) is 0 Å². The van der Waals surface area contributed by atoms with Crippen molar-refractivity contribution in [2.45, 2.75) is 52.4 Å². The van der Waals surface area contributed by atoms with Crippen molar-refractivity contribution in [1.29, 1.82) is 0 Å². The minimum absolute atomic E-state index is 0.461. The Bertz CT molecular complexity index is 373. The highest BCUT2D eigenvalue weighted by molar-refractivity contribution is 5.21. The molecule has 1 saturated carbocycles. The van der Waals surface area contributed by atoms with Gasteiger partial charge in [-0.25, -0.2) is 0 Å². The van der Waals surface area contributed by atoms with Crippen LogP contribution in [0.3, 0.4) is 0 Å². The van der Waals surface area contributed by atoms with Gasteiger partial charge < -0.3 is 10.1 Å². The minimum atomic E-state index is 0.461. The lowest BCUT2D eigenvalue weighted by Gasteiger charge is -2.32. The first-order valence-corrected chi connectivity index (χ1v) is 7.53. The quantitative estimate of drug-likeness (QED) is 0.871. The average molecular weight is 261 g/mol. The van der Waals surface area contributed by atoms with Crippen LogP contribution in [0.1, 0.15) is 44.2 Å². The van der Waals surface area contributed by atoms with Crippen molar-refractivity contribution in [1.82, 2.24) is 5.32 Å². The highest BCUT2D eigenvalue weighted by Gasteiger charge is 2.24. The second kappa shape index (κ2) is 7.06. The topological polar surface area (TPSA) is 21.3 Å². The summed E-state index contributed by atoms with van der Waals surface area (Å²) in [5.74, 6) is 1.66.